The summed E-state index contributed by atoms with van der Waals surface area (Å²) in [5.41, 5.74) is 0. The smallest absolute Gasteiger partial charge is 0.326 e. The zero-order valence-electron chi connectivity index (χ0n) is 9.12. The number of rotatable bonds is 5. The Morgan fingerprint density at radius 2 is 2.07 bits per heavy atom. The van der Waals surface area contributed by atoms with E-state index in [0.717, 1.165) is 0 Å². The van der Waals surface area contributed by atoms with E-state index in [2.05, 4.69) is 10.6 Å². The summed E-state index contributed by atoms with van der Waals surface area (Å²) in [6.07, 6.45) is 0.473. The highest BCUT2D eigenvalue weighted by Crippen LogP contribution is 2.08. The number of carbonyl (C=O) groups is 2. The van der Waals surface area contributed by atoms with Gasteiger partial charge in [0, 0.05) is 13.1 Å². The van der Waals surface area contributed by atoms with Crippen molar-refractivity contribution in [1.82, 2.24) is 10.6 Å². The molecule has 0 bridgehead atoms. The van der Waals surface area contributed by atoms with E-state index in [0.29, 0.717) is 19.5 Å². The van der Waals surface area contributed by atoms with E-state index in [1.165, 1.54) is 0 Å². The summed E-state index contributed by atoms with van der Waals surface area (Å²) in [5.74, 6) is -0.906. The summed E-state index contributed by atoms with van der Waals surface area (Å²) in [5, 5.41) is 14.5. The van der Waals surface area contributed by atoms with Crippen LogP contribution in [0.2, 0.25) is 0 Å². The van der Waals surface area contributed by atoms with Crippen LogP contribution < -0.4 is 10.6 Å². The van der Waals surface area contributed by atoms with E-state index in [-0.39, 0.29) is 17.7 Å². The predicted octanol–water partition coefficient (Wildman–Crippen LogP) is -0.179. The van der Waals surface area contributed by atoms with Crippen LogP contribution in [0.15, 0.2) is 0 Å². The topological polar surface area (TPSA) is 78.4 Å². The van der Waals surface area contributed by atoms with E-state index in [1.807, 2.05) is 13.8 Å². The number of hydrogen-bond acceptors (Lipinski definition) is 3. The molecule has 0 radical (unpaired) electrons. The summed E-state index contributed by atoms with van der Waals surface area (Å²) >= 11 is 0. The first kappa shape index (κ1) is 12.0. The van der Waals surface area contributed by atoms with Gasteiger partial charge in [-0.3, -0.25) is 4.79 Å². The Hall–Kier alpha value is -1.10. The maximum absolute atomic E-state index is 11.5. The molecule has 1 atom stereocenters. The first-order valence-electron chi connectivity index (χ1n) is 5.24. The van der Waals surface area contributed by atoms with Crippen LogP contribution in [0.1, 0.15) is 20.3 Å². The number of amides is 1. The van der Waals surface area contributed by atoms with Gasteiger partial charge in [0.15, 0.2) is 0 Å². The normalized spacial score (nSPS) is 18.3. The summed E-state index contributed by atoms with van der Waals surface area (Å²) in [6.45, 7) is 5.18. The van der Waals surface area contributed by atoms with E-state index in [4.69, 9.17) is 5.11 Å². The molecule has 3 N–H and O–H groups in total. The van der Waals surface area contributed by atoms with Crippen molar-refractivity contribution in [2.45, 2.75) is 26.3 Å². The van der Waals surface area contributed by atoms with Crippen LogP contribution in [0.25, 0.3) is 0 Å². The molecule has 1 aliphatic rings. The highest BCUT2D eigenvalue weighted by molar-refractivity contribution is 5.85. The molecule has 0 spiro atoms. The van der Waals surface area contributed by atoms with Crippen molar-refractivity contribution in [2.24, 2.45) is 11.8 Å². The lowest BCUT2D eigenvalue weighted by atomic mass is 10.00. The fourth-order valence-electron chi connectivity index (χ4n) is 1.46. The summed E-state index contributed by atoms with van der Waals surface area (Å²) < 4.78 is 0. The third-order valence-electron chi connectivity index (χ3n) is 2.47. The van der Waals surface area contributed by atoms with Gasteiger partial charge in [0.25, 0.3) is 0 Å². The summed E-state index contributed by atoms with van der Waals surface area (Å²) in [6, 6.07) is -0.752. The van der Waals surface area contributed by atoms with Crippen molar-refractivity contribution in [1.29, 1.82) is 0 Å². The quantitative estimate of drug-likeness (QED) is 0.593. The standard InChI is InChI=1S/C10H18N2O3/c1-6(2)3-8(10(14)15)12-9(13)7-4-11-5-7/h6-8,11H,3-5H2,1-2H3,(H,12,13)(H,14,15). The minimum Gasteiger partial charge on any atom is -0.480 e. The predicted molar refractivity (Wildman–Crippen MR) is 55.4 cm³/mol. The molecule has 0 saturated carbocycles. The Morgan fingerprint density at radius 3 is 2.40 bits per heavy atom. The average molecular weight is 214 g/mol. The van der Waals surface area contributed by atoms with Crippen LogP contribution in [-0.2, 0) is 9.59 Å². The van der Waals surface area contributed by atoms with Gasteiger partial charge in [0.05, 0.1) is 5.92 Å². The molecule has 1 rings (SSSR count). The molecule has 0 aromatic heterocycles. The van der Waals surface area contributed by atoms with Crippen LogP contribution in [0.4, 0.5) is 0 Å². The van der Waals surface area contributed by atoms with Crippen molar-refractivity contribution >= 4 is 11.9 Å². The van der Waals surface area contributed by atoms with Gasteiger partial charge < -0.3 is 15.7 Å². The van der Waals surface area contributed by atoms with Crippen molar-refractivity contribution in [2.75, 3.05) is 13.1 Å². The van der Waals surface area contributed by atoms with Gasteiger partial charge in [-0.15, -0.1) is 0 Å². The highest BCUT2D eigenvalue weighted by Gasteiger charge is 2.29. The lowest BCUT2D eigenvalue weighted by Crippen LogP contribution is -2.54. The number of nitrogens with one attached hydrogen (secondary N) is 2. The summed E-state index contributed by atoms with van der Waals surface area (Å²) in [7, 11) is 0. The van der Waals surface area contributed by atoms with Gasteiger partial charge in [-0.05, 0) is 12.3 Å². The Morgan fingerprint density at radius 1 is 1.47 bits per heavy atom. The van der Waals surface area contributed by atoms with Gasteiger partial charge in [0.1, 0.15) is 6.04 Å². The summed E-state index contributed by atoms with van der Waals surface area (Å²) in [4.78, 5) is 22.4. The molecule has 1 amide bonds. The second kappa shape index (κ2) is 5.11. The number of aliphatic carboxylic acids is 1. The van der Waals surface area contributed by atoms with Crippen LogP contribution in [0, 0.1) is 11.8 Å². The van der Waals surface area contributed by atoms with E-state index in [9.17, 15) is 9.59 Å². The molecule has 15 heavy (non-hydrogen) atoms. The van der Waals surface area contributed by atoms with Crippen LogP contribution in [0.3, 0.4) is 0 Å². The monoisotopic (exact) mass is 214 g/mol. The molecule has 0 aromatic carbocycles. The van der Waals surface area contributed by atoms with Gasteiger partial charge in [0.2, 0.25) is 5.91 Å². The van der Waals surface area contributed by atoms with Crippen LogP contribution in [0.5, 0.6) is 0 Å². The molecule has 5 heteroatoms. The Bertz CT molecular complexity index is 249. The Balaban J connectivity index is 2.42. The molecular formula is C10H18N2O3. The zero-order chi connectivity index (χ0) is 11.4. The minimum absolute atomic E-state index is 0.0565. The number of carboxylic acids is 1. The first-order valence-corrected chi connectivity index (χ1v) is 5.24. The van der Waals surface area contributed by atoms with Crippen molar-refractivity contribution in [3.8, 4) is 0 Å². The lowest BCUT2D eigenvalue weighted by molar-refractivity contribution is -0.143. The second-order valence-electron chi connectivity index (χ2n) is 4.38. The molecule has 1 aliphatic heterocycles. The van der Waals surface area contributed by atoms with Crippen molar-refractivity contribution in [3.05, 3.63) is 0 Å². The van der Waals surface area contributed by atoms with Gasteiger partial charge in [-0.25, -0.2) is 4.79 Å². The fourth-order valence-corrected chi connectivity index (χ4v) is 1.46. The lowest BCUT2D eigenvalue weighted by Gasteiger charge is -2.27. The third-order valence-corrected chi connectivity index (χ3v) is 2.47. The average Bonchev–Trinajstić information content (AvgIpc) is 1.98. The SMILES string of the molecule is CC(C)CC(NC(=O)C1CNC1)C(=O)O. The number of carbonyl (C=O) groups excluding carboxylic acids is 1. The molecule has 1 heterocycles. The minimum atomic E-state index is -0.954. The van der Waals surface area contributed by atoms with Gasteiger partial charge in [-0.2, -0.15) is 0 Å². The number of hydrogen-bond donors (Lipinski definition) is 3. The molecule has 1 saturated heterocycles. The molecule has 1 fully saturated rings. The fraction of sp³-hybridized carbons (Fsp3) is 0.800. The maximum Gasteiger partial charge on any atom is 0.326 e. The highest BCUT2D eigenvalue weighted by atomic mass is 16.4. The zero-order valence-corrected chi connectivity index (χ0v) is 9.12. The number of carboxylic acid groups (broad SMARTS) is 1. The van der Waals surface area contributed by atoms with Crippen molar-refractivity contribution < 1.29 is 14.7 Å². The Kier molecular flexibility index (Phi) is 4.08. The molecule has 1 unspecified atom stereocenters. The van der Waals surface area contributed by atoms with Crippen LogP contribution >= 0.6 is 0 Å². The van der Waals surface area contributed by atoms with E-state index >= 15 is 0 Å². The first-order chi connectivity index (χ1) is 7.00. The molecule has 5 nitrogen and oxygen atoms in total. The third kappa shape index (κ3) is 3.51. The van der Waals surface area contributed by atoms with E-state index < -0.39 is 12.0 Å². The van der Waals surface area contributed by atoms with Gasteiger partial charge in [-0.1, -0.05) is 13.8 Å². The van der Waals surface area contributed by atoms with E-state index in [1.54, 1.807) is 0 Å². The molecule has 0 aromatic rings. The van der Waals surface area contributed by atoms with Gasteiger partial charge >= 0.3 is 5.97 Å². The maximum atomic E-state index is 11.5. The largest absolute Gasteiger partial charge is 0.480 e. The van der Waals surface area contributed by atoms with Crippen molar-refractivity contribution in [3.63, 3.8) is 0 Å². The molecule has 86 valence electrons. The van der Waals surface area contributed by atoms with Crippen LogP contribution in [-0.4, -0.2) is 36.1 Å². The Labute approximate surface area is 89.2 Å². The second-order valence-corrected chi connectivity index (χ2v) is 4.38. The molecular weight excluding hydrogens is 196 g/mol. The molecule has 0 aliphatic carbocycles.